The van der Waals surface area contributed by atoms with Crippen molar-refractivity contribution >= 4 is 5.91 Å². The molecule has 1 amide bonds. The second-order valence-corrected chi connectivity index (χ2v) is 4.17. The summed E-state index contributed by atoms with van der Waals surface area (Å²) in [5, 5.41) is 17.9. The average molecular weight is 237 g/mol. The van der Waals surface area contributed by atoms with E-state index in [1.807, 2.05) is 13.8 Å². The summed E-state index contributed by atoms with van der Waals surface area (Å²) < 4.78 is 0. The Morgan fingerprint density at radius 1 is 1.24 bits per heavy atom. The predicted octanol–water partition coefficient (Wildman–Crippen LogP) is 1.02. The van der Waals surface area contributed by atoms with E-state index in [1.165, 1.54) is 0 Å². The number of amides is 1. The van der Waals surface area contributed by atoms with Crippen molar-refractivity contribution < 1.29 is 15.0 Å². The van der Waals surface area contributed by atoms with Gasteiger partial charge in [0.15, 0.2) is 0 Å². The molecule has 0 atom stereocenters. The lowest BCUT2D eigenvalue weighted by molar-refractivity contribution is 0.0665. The predicted molar refractivity (Wildman–Crippen MR) is 65.6 cm³/mol. The number of carbonyl (C=O) groups excluding carboxylic acids is 1. The topological polar surface area (TPSA) is 60.8 Å². The van der Waals surface area contributed by atoms with E-state index >= 15 is 0 Å². The smallest absolute Gasteiger partial charge is 0.254 e. The maximum Gasteiger partial charge on any atom is 0.254 e. The minimum atomic E-state index is -0.0986. The Morgan fingerprint density at radius 2 is 1.82 bits per heavy atom. The van der Waals surface area contributed by atoms with Gasteiger partial charge in [-0.1, -0.05) is 12.1 Å². The molecule has 4 nitrogen and oxygen atoms in total. The van der Waals surface area contributed by atoms with Crippen LogP contribution in [0.25, 0.3) is 0 Å². The Labute approximate surface area is 101 Å². The molecule has 0 aromatic heterocycles. The van der Waals surface area contributed by atoms with Crippen LogP contribution in [0, 0.1) is 0 Å². The molecule has 2 N–H and O–H groups in total. The van der Waals surface area contributed by atoms with Crippen LogP contribution < -0.4 is 0 Å². The van der Waals surface area contributed by atoms with E-state index in [-0.39, 0.29) is 25.2 Å². The monoisotopic (exact) mass is 237 g/mol. The molecule has 1 aromatic rings. The molecular formula is C13H19NO3. The second-order valence-electron chi connectivity index (χ2n) is 4.17. The molecule has 0 spiro atoms. The van der Waals surface area contributed by atoms with Gasteiger partial charge in [0.25, 0.3) is 5.91 Å². The van der Waals surface area contributed by atoms with E-state index in [0.717, 1.165) is 5.56 Å². The Hall–Kier alpha value is -1.39. The fourth-order valence-electron chi connectivity index (χ4n) is 1.62. The normalized spacial score (nSPS) is 10.6. The fraction of sp³-hybridized carbons (Fsp3) is 0.462. The molecule has 0 aliphatic rings. The number of nitrogens with zero attached hydrogens (tertiary/aromatic N) is 1. The third-order valence-corrected chi connectivity index (χ3v) is 2.61. The third kappa shape index (κ3) is 3.54. The van der Waals surface area contributed by atoms with Gasteiger partial charge in [0.1, 0.15) is 0 Å². The number of hydrogen-bond donors (Lipinski definition) is 2. The van der Waals surface area contributed by atoms with Gasteiger partial charge in [-0.15, -0.1) is 0 Å². The highest BCUT2D eigenvalue weighted by atomic mass is 16.3. The van der Waals surface area contributed by atoms with Gasteiger partial charge in [-0.2, -0.15) is 0 Å². The lowest BCUT2D eigenvalue weighted by Crippen LogP contribution is -2.38. The summed E-state index contributed by atoms with van der Waals surface area (Å²) in [5.41, 5.74) is 1.35. The van der Waals surface area contributed by atoms with Gasteiger partial charge in [-0.05, 0) is 31.5 Å². The average Bonchev–Trinajstić information content (AvgIpc) is 2.35. The van der Waals surface area contributed by atoms with Crippen LogP contribution in [0.3, 0.4) is 0 Å². The van der Waals surface area contributed by atoms with Crippen molar-refractivity contribution in [3.63, 3.8) is 0 Å². The van der Waals surface area contributed by atoms with Crippen LogP contribution in [0.15, 0.2) is 24.3 Å². The second kappa shape index (κ2) is 6.37. The Balaban J connectivity index is 2.85. The zero-order valence-electron chi connectivity index (χ0n) is 10.3. The van der Waals surface area contributed by atoms with E-state index < -0.39 is 0 Å². The van der Waals surface area contributed by atoms with Crippen LogP contribution in [0.1, 0.15) is 29.8 Å². The van der Waals surface area contributed by atoms with Gasteiger partial charge < -0.3 is 15.1 Å². The molecule has 0 radical (unpaired) electrons. The zero-order chi connectivity index (χ0) is 12.8. The van der Waals surface area contributed by atoms with E-state index in [0.29, 0.717) is 12.1 Å². The zero-order valence-corrected chi connectivity index (χ0v) is 10.3. The van der Waals surface area contributed by atoms with Gasteiger partial charge in [0, 0.05) is 18.2 Å². The first-order valence-electron chi connectivity index (χ1n) is 5.71. The van der Waals surface area contributed by atoms with Crippen LogP contribution in [-0.4, -0.2) is 40.2 Å². The van der Waals surface area contributed by atoms with E-state index in [9.17, 15) is 4.79 Å². The van der Waals surface area contributed by atoms with E-state index in [4.69, 9.17) is 10.2 Å². The van der Waals surface area contributed by atoms with Gasteiger partial charge >= 0.3 is 0 Å². The summed E-state index contributed by atoms with van der Waals surface area (Å²) in [6.45, 7) is 4.08. The molecule has 0 unspecified atom stereocenters. The molecular weight excluding hydrogens is 218 g/mol. The Morgan fingerprint density at radius 3 is 2.24 bits per heavy atom. The number of benzene rings is 1. The van der Waals surface area contributed by atoms with Gasteiger partial charge in [-0.25, -0.2) is 0 Å². The largest absolute Gasteiger partial charge is 0.395 e. The number of aliphatic hydroxyl groups excluding tert-OH is 2. The number of aliphatic hydroxyl groups is 2. The van der Waals surface area contributed by atoms with Gasteiger partial charge in [0.2, 0.25) is 0 Å². The number of rotatable bonds is 5. The lowest BCUT2D eigenvalue weighted by Gasteiger charge is -2.26. The summed E-state index contributed by atoms with van der Waals surface area (Å²) in [5.74, 6) is -0.0986. The summed E-state index contributed by atoms with van der Waals surface area (Å²) in [7, 11) is 0. The SMILES string of the molecule is CC(C)N(CCO)C(=O)c1ccc(CO)cc1. The molecule has 0 saturated carbocycles. The molecule has 0 heterocycles. The molecule has 0 fully saturated rings. The van der Waals surface area contributed by atoms with Crippen molar-refractivity contribution in [1.82, 2.24) is 4.90 Å². The van der Waals surface area contributed by atoms with Crippen LogP contribution in [0.5, 0.6) is 0 Å². The fourth-order valence-corrected chi connectivity index (χ4v) is 1.62. The minimum Gasteiger partial charge on any atom is -0.395 e. The third-order valence-electron chi connectivity index (χ3n) is 2.61. The van der Waals surface area contributed by atoms with Crippen LogP contribution >= 0.6 is 0 Å². The van der Waals surface area contributed by atoms with Crippen molar-refractivity contribution in [2.24, 2.45) is 0 Å². The lowest BCUT2D eigenvalue weighted by atomic mass is 10.1. The molecule has 17 heavy (non-hydrogen) atoms. The molecule has 0 saturated heterocycles. The van der Waals surface area contributed by atoms with Crippen molar-refractivity contribution in [3.8, 4) is 0 Å². The maximum atomic E-state index is 12.1. The van der Waals surface area contributed by atoms with Gasteiger partial charge in [0.05, 0.1) is 13.2 Å². The van der Waals surface area contributed by atoms with Crippen LogP contribution in [-0.2, 0) is 6.61 Å². The Bertz CT molecular complexity index is 359. The van der Waals surface area contributed by atoms with Crippen molar-refractivity contribution in [3.05, 3.63) is 35.4 Å². The highest BCUT2D eigenvalue weighted by Gasteiger charge is 2.17. The molecule has 0 aliphatic carbocycles. The number of hydrogen-bond acceptors (Lipinski definition) is 3. The molecule has 0 bridgehead atoms. The standard InChI is InChI=1S/C13H19NO3/c1-10(2)14(7-8-15)13(17)12-5-3-11(9-16)4-6-12/h3-6,10,15-16H,7-9H2,1-2H3. The number of carbonyl (C=O) groups is 1. The molecule has 1 aromatic carbocycles. The molecule has 1 rings (SSSR count). The summed E-state index contributed by atoms with van der Waals surface area (Å²) in [6, 6.07) is 6.89. The minimum absolute atomic E-state index is 0.0288. The molecule has 0 aliphatic heterocycles. The summed E-state index contributed by atoms with van der Waals surface area (Å²) in [6.07, 6.45) is 0. The molecule has 94 valence electrons. The van der Waals surface area contributed by atoms with E-state index in [1.54, 1.807) is 29.2 Å². The highest BCUT2D eigenvalue weighted by Crippen LogP contribution is 2.10. The summed E-state index contributed by atoms with van der Waals surface area (Å²) >= 11 is 0. The van der Waals surface area contributed by atoms with Crippen molar-refractivity contribution in [2.45, 2.75) is 26.5 Å². The maximum absolute atomic E-state index is 12.1. The first-order valence-corrected chi connectivity index (χ1v) is 5.71. The summed E-state index contributed by atoms with van der Waals surface area (Å²) in [4.78, 5) is 13.7. The van der Waals surface area contributed by atoms with Crippen molar-refractivity contribution in [1.29, 1.82) is 0 Å². The molecule has 4 heteroatoms. The van der Waals surface area contributed by atoms with Crippen LogP contribution in [0.4, 0.5) is 0 Å². The Kier molecular flexibility index (Phi) is 5.12. The quantitative estimate of drug-likeness (QED) is 0.804. The van der Waals surface area contributed by atoms with Gasteiger partial charge in [-0.3, -0.25) is 4.79 Å². The first-order chi connectivity index (χ1) is 8.10. The highest BCUT2D eigenvalue weighted by molar-refractivity contribution is 5.94. The first kappa shape index (κ1) is 13.7. The van der Waals surface area contributed by atoms with Crippen molar-refractivity contribution in [2.75, 3.05) is 13.2 Å². The van der Waals surface area contributed by atoms with Crippen LogP contribution in [0.2, 0.25) is 0 Å². The van der Waals surface area contributed by atoms with E-state index in [2.05, 4.69) is 0 Å².